The Hall–Kier alpha value is -3.12. The Morgan fingerprint density at radius 1 is 1.36 bits per heavy atom. The topological polar surface area (TPSA) is 130 Å². The molecule has 3 heterocycles. The zero-order valence-electron chi connectivity index (χ0n) is 16.7. The number of hydrogen-bond donors (Lipinski definition) is 3. The van der Waals surface area contributed by atoms with Crippen molar-refractivity contribution in [2.75, 3.05) is 24.2 Å². The van der Waals surface area contributed by atoms with E-state index in [0.717, 1.165) is 23.4 Å². The van der Waals surface area contributed by atoms with E-state index in [1.54, 1.807) is 4.68 Å². The molecule has 3 aromatic rings. The van der Waals surface area contributed by atoms with E-state index < -0.39 is 5.54 Å². The molecule has 0 bridgehead atoms. The van der Waals surface area contributed by atoms with E-state index in [0.29, 0.717) is 24.4 Å². The third-order valence-electron chi connectivity index (χ3n) is 4.89. The molecule has 0 aliphatic rings. The van der Waals surface area contributed by atoms with Crippen LogP contribution in [-0.4, -0.2) is 42.6 Å². The number of nitrogens with two attached hydrogens (primary N) is 1. The van der Waals surface area contributed by atoms with E-state index in [1.165, 1.54) is 4.52 Å². The first-order valence-corrected chi connectivity index (χ1v) is 9.30. The highest BCUT2D eigenvalue weighted by Gasteiger charge is 2.20. The van der Waals surface area contributed by atoms with Crippen molar-refractivity contribution in [1.29, 1.82) is 5.26 Å². The normalized spacial score (nSPS) is 11.7. The van der Waals surface area contributed by atoms with Crippen molar-refractivity contribution in [2.45, 2.75) is 46.1 Å². The number of aryl methyl sites for hydroxylation is 2. The fraction of sp³-hybridized carbons (Fsp3) is 0.474. The van der Waals surface area contributed by atoms with Crippen molar-refractivity contribution in [3.8, 4) is 6.07 Å². The second-order valence-corrected chi connectivity index (χ2v) is 7.38. The summed E-state index contributed by atoms with van der Waals surface area (Å²) in [6.45, 7) is 8.34. The first-order valence-electron chi connectivity index (χ1n) is 9.30. The fourth-order valence-electron chi connectivity index (χ4n) is 3.08. The van der Waals surface area contributed by atoms with Crippen LogP contribution in [0.3, 0.4) is 0 Å². The maximum Gasteiger partial charge on any atom is 0.163 e. The Balaban J connectivity index is 1.82. The molecule has 28 heavy (non-hydrogen) atoms. The lowest BCUT2D eigenvalue weighted by Crippen LogP contribution is -2.31. The number of aromatic nitrogens is 5. The summed E-state index contributed by atoms with van der Waals surface area (Å²) >= 11 is 0. The van der Waals surface area contributed by atoms with E-state index in [-0.39, 0.29) is 18.0 Å². The lowest BCUT2D eigenvalue weighted by Gasteiger charge is -2.22. The minimum Gasteiger partial charge on any atom is -0.394 e. The number of rotatable bonds is 7. The predicted octanol–water partition coefficient (Wildman–Crippen LogP) is 1.63. The summed E-state index contributed by atoms with van der Waals surface area (Å²) in [5, 5.41) is 31.1. The van der Waals surface area contributed by atoms with Gasteiger partial charge in [-0.15, -0.1) is 0 Å². The van der Waals surface area contributed by atoms with Crippen LogP contribution in [0.2, 0.25) is 0 Å². The zero-order chi connectivity index (χ0) is 20.5. The molecule has 0 amide bonds. The largest absolute Gasteiger partial charge is 0.394 e. The zero-order valence-corrected chi connectivity index (χ0v) is 16.7. The van der Waals surface area contributed by atoms with Crippen molar-refractivity contribution in [3.63, 3.8) is 0 Å². The highest BCUT2D eigenvalue weighted by atomic mass is 16.3. The van der Waals surface area contributed by atoms with E-state index >= 15 is 0 Å². The Bertz CT molecular complexity index is 1040. The van der Waals surface area contributed by atoms with Gasteiger partial charge in [-0.25, -0.2) is 4.98 Å². The van der Waals surface area contributed by atoms with E-state index in [1.807, 2.05) is 40.0 Å². The number of fused-ring (bicyclic) bond motifs is 1. The molecule has 0 atom stereocenters. The molecule has 9 nitrogen and oxygen atoms in total. The molecular formula is C19H26N8O. The Labute approximate surface area is 163 Å². The minimum absolute atomic E-state index is 0.00559. The van der Waals surface area contributed by atoms with Crippen LogP contribution in [0.4, 0.5) is 11.6 Å². The molecule has 148 valence electrons. The van der Waals surface area contributed by atoms with Crippen molar-refractivity contribution in [2.24, 2.45) is 0 Å². The lowest BCUT2D eigenvalue weighted by atomic mass is 10.1. The smallest absolute Gasteiger partial charge is 0.163 e. The molecule has 0 aliphatic carbocycles. The number of nitrogens with one attached hydrogen (secondary N) is 1. The van der Waals surface area contributed by atoms with Gasteiger partial charge < -0.3 is 16.2 Å². The van der Waals surface area contributed by atoms with Gasteiger partial charge in [-0.3, -0.25) is 4.68 Å². The second kappa shape index (κ2) is 7.48. The van der Waals surface area contributed by atoms with Crippen LogP contribution in [0.5, 0.6) is 0 Å². The number of anilines is 2. The summed E-state index contributed by atoms with van der Waals surface area (Å²) in [4.78, 5) is 4.62. The molecule has 0 fully saturated rings. The summed E-state index contributed by atoms with van der Waals surface area (Å²) in [5.74, 6) is 0.740. The van der Waals surface area contributed by atoms with Gasteiger partial charge in [0.15, 0.2) is 5.65 Å². The first-order chi connectivity index (χ1) is 13.3. The molecule has 0 spiro atoms. The van der Waals surface area contributed by atoms with Crippen LogP contribution in [0.15, 0.2) is 12.3 Å². The van der Waals surface area contributed by atoms with Gasteiger partial charge in [0.2, 0.25) is 0 Å². The molecule has 3 rings (SSSR count). The molecule has 4 N–H and O–H groups in total. The van der Waals surface area contributed by atoms with Crippen LogP contribution in [0.25, 0.3) is 5.65 Å². The third kappa shape index (κ3) is 3.39. The number of hydrogen-bond acceptors (Lipinski definition) is 7. The Morgan fingerprint density at radius 3 is 2.75 bits per heavy atom. The highest BCUT2D eigenvalue weighted by molar-refractivity contribution is 5.69. The van der Waals surface area contributed by atoms with Crippen LogP contribution in [0, 0.1) is 18.3 Å². The number of nitriles is 1. The average molecular weight is 382 g/mol. The standard InChI is InChI=1S/C19H26N8O/c1-5-14-12(2)24-27-16(21)15(10-20)17(23-18(14)27)22-8-6-13-7-9-26(25-13)19(3,4)11-28/h7,9,28H,5-6,8,11,21H2,1-4H3,(H,22,23). The lowest BCUT2D eigenvalue weighted by molar-refractivity contribution is 0.152. The molecule has 3 aromatic heterocycles. The maximum atomic E-state index is 9.54. The summed E-state index contributed by atoms with van der Waals surface area (Å²) in [7, 11) is 0. The average Bonchev–Trinajstić information content (AvgIpc) is 3.27. The molecule has 0 radical (unpaired) electrons. The SMILES string of the molecule is CCc1c(C)nn2c(N)c(C#N)c(NCCc3ccn(C(C)(C)CO)n3)nc12. The fourth-order valence-corrected chi connectivity index (χ4v) is 3.08. The van der Waals surface area contributed by atoms with Gasteiger partial charge >= 0.3 is 0 Å². The molecule has 0 saturated carbocycles. The quantitative estimate of drug-likeness (QED) is 0.566. The molecule has 0 aromatic carbocycles. The monoisotopic (exact) mass is 382 g/mol. The van der Waals surface area contributed by atoms with E-state index in [4.69, 9.17) is 5.73 Å². The van der Waals surface area contributed by atoms with Crippen LogP contribution >= 0.6 is 0 Å². The second-order valence-electron chi connectivity index (χ2n) is 7.38. The van der Waals surface area contributed by atoms with Crippen molar-refractivity contribution >= 4 is 17.3 Å². The maximum absolute atomic E-state index is 9.54. The molecule has 0 saturated heterocycles. The number of nitrogen functional groups attached to an aromatic ring is 1. The molecule has 0 unspecified atom stereocenters. The summed E-state index contributed by atoms with van der Waals surface area (Å²) < 4.78 is 3.30. The van der Waals surface area contributed by atoms with Gasteiger partial charge in [0, 0.05) is 24.7 Å². The Kier molecular flexibility index (Phi) is 5.25. The van der Waals surface area contributed by atoms with Gasteiger partial charge in [-0.1, -0.05) is 6.92 Å². The van der Waals surface area contributed by atoms with Crippen LogP contribution in [0.1, 0.15) is 43.3 Å². The minimum atomic E-state index is -0.447. The first kappa shape index (κ1) is 19.6. The van der Waals surface area contributed by atoms with Crippen molar-refractivity contribution in [1.82, 2.24) is 24.4 Å². The van der Waals surface area contributed by atoms with Gasteiger partial charge in [-0.2, -0.15) is 20.0 Å². The third-order valence-corrected chi connectivity index (χ3v) is 4.89. The van der Waals surface area contributed by atoms with E-state index in [9.17, 15) is 10.4 Å². The van der Waals surface area contributed by atoms with Gasteiger partial charge in [-0.05, 0) is 33.3 Å². The summed E-state index contributed by atoms with van der Waals surface area (Å²) in [6.07, 6.45) is 3.29. The summed E-state index contributed by atoms with van der Waals surface area (Å²) in [6, 6.07) is 4.05. The number of aliphatic hydroxyl groups is 1. The molecule has 0 aliphatic heterocycles. The highest BCUT2D eigenvalue weighted by Crippen LogP contribution is 2.25. The summed E-state index contributed by atoms with van der Waals surface area (Å²) in [5.41, 5.74) is 9.45. The van der Waals surface area contributed by atoms with Crippen molar-refractivity contribution < 1.29 is 5.11 Å². The number of aliphatic hydroxyl groups excluding tert-OH is 1. The Morgan fingerprint density at radius 2 is 2.11 bits per heavy atom. The predicted molar refractivity (Wildman–Crippen MR) is 107 cm³/mol. The van der Waals surface area contributed by atoms with Crippen LogP contribution < -0.4 is 11.1 Å². The van der Waals surface area contributed by atoms with Crippen molar-refractivity contribution in [3.05, 3.63) is 34.8 Å². The van der Waals surface area contributed by atoms with Gasteiger partial charge in [0.25, 0.3) is 0 Å². The molecule has 9 heteroatoms. The number of nitrogens with zero attached hydrogens (tertiary/aromatic N) is 6. The van der Waals surface area contributed by atoms with Gasteiger partial charge in [0.05, 0.1) is 23.5 Å². The van der Waals surface area contributed by atoms with E-state index in [2.05, 4.69) is 26.6 Å². The van der Waals surface area contributed by atoms with Crippen LogP contribution in [-0.2, 0) is 18.4 Å². The molecular weight excluding hydrogens is 356 g/mol. The van der Waals surface area contributed by atoms with Gasteiger partial charge in [0.1, 0.15) is 23.3 Å².